The summed E-state index contributed by atoms with van der Waals surface area (Å²) in [5.74, 6) is -0.235. The van der Waals surface area contributed by atoms with Crippen LogP contribution in [-0.4, -0.2) is 27.4 Å². The molecule has 0 N–H and O–H groups in total. The lowest BCUT2D eigenvalue weighted by atomic mass is 10.00. The smallest absolute Gasteiger partial charge is 0.263 e. The highest BCUT2D eigenvalue weighted by molar-refractivity contribution is 5.94. The number of hydrogen-bond acceptors (Lipinski definition) is 3. The first kappa shape index (κ1) is 19.9. The van der Waals surface area contributed by atoms with Crippen molar-refractivity contribution in [1.82, 2.24) is 14.5 Å². The quantitative estimate of drug-likeness (QED) is 0.762. The van der Waals surface area contributed by atoms with Gasteiger partial charge in [-0.3, -0.25) is 14.6 Å². The summed E-state index contributed by atoms with van der Waals surface area (Å²) in [5.41, 5.74) is 2.93. The largest absolute Gasteiger partial charge is 0.334 e. The second-order valence-corrected chi connectivity index (χ2v) is 6.77. The van der Waals surface area contributed by atoms with Crippen molar-refractivity contribution in [1.29, 1.82) is 0 Å². The van der Waals surface area contributed by atoms with Crippen LogP contribution in [0, 0.1) is 6.92 Å². The van der Waals surface area contributed by atoms with Gasteiger partial charge in [0.25, 0.3) is 11.5 Å². The van der Waals surface area contributed by atoms with Crippen molar-refractivity contribution in [3.8, 4) is 0 Å². The fourth-order valence-electron chi connectivity index (χ4n) is 3.48. The molecule has 140 valence electrons. The third-order valence-corrected chi connectivity index (χ3v) is 5.01. The minimum absolute atomic E-state index is 0.0907. The second kappa shape index (κ2) is 8.79. The number of rotatable bonds is 7. The van der Waals surface area contributed by atoms with E-state index in [-0.39, 0.29) is 23.1 Å². The first-order valence-electron chi connectivity index (χ1n) is 9.28. The van der Waals surface area contributed by atoms with Crippen molar-refractivity contribution in [3.05, 3.63) is 63.3 Å². The molecule has 0 aliphatic carbocycles. The maximum atomic E-state index is 13.1. The van der Waals surface area contributed by atoms with Crippen molar-refractivity contribution >= 4 is 5.91 Å². The van der Waals surface area contributed by atoms with Gasteiger partial charge in [0, 0.05) is 32.2 Å². The number of aromatic nitrogens is 2. The van der Waals surface area contributed by atoms with E-state index in [1.54, 1.807) is 42.0 Å². The number of nitrogens with zero attached hydrogens (tertiary/aromatic N) is 3. The molecule has 2 rings (SSSR count). The molecular formula is C21H29N3O2. The molecule has 0 radical (unpaired) electrons. The van der Waals surface area contributed by atoms with Gasteiger partial charge in [-0.2, -0.15) is 0 Å². The van der Waals surface area contributed by atoms with Gasteiger partial charge in [0.15, 0.2) is 0 Å². The minimum Gasteiger partial charge on any atom is -0.334 e. The third kappa shape index (κ3) is 4.03. The molecule has 0 bridgehead atoms. The van der Waals surface area contributed by atoms with Gasteiger partial charge in [-0.25, -0.2) is 0 Å². The Hall–Kier alpha value is -2.43. The average molecular weight is 355 g/mol. The molecule has 5 nitrogen and oxygen atoms in total. The van der Waals surface area contributed by atoms with Crippen molar-refractivity contribution < 1.29 is 4.79 Å². The van der Waals surface area contributed by atoms with E-state index in [2.05, 4.69) is 11.9 Å². The van der Waals surface area contributed by atoms with Gasteiger partial charge in [0.05, 0.1) is 6.04 Å². The number of carbonyl (C=O) groups excluding carboxylic acids is 1. The van der Waals surface area contributed by atoms with E-state index in [0.717, 1.165) is 42.5 Å². The lowest BCUT2D eigenvalue weighted by molar-refractivity contribution is 0.0717. The van der Waals surface area contributed by atoms with Crippen molar-refractivity contribution in [3.63, 3.8) is 0 Å². The Kier molecular flexibility index (Phi) is 6.72. The summed E-state index contributed by atoms with van der Waals surface area (Å²) in [4.78, 5) is 31.7. The molecule has 0 fully saturated rings. The number of unbranched alkanes of at least 4 members (excludes halogenated alkanes) is 1. The predicted octanol–water partition coefficient (Wildman–Crippen LogP) is 3.65. The van der Waals surface area contributed by atoms with Crippen LogP contribution < -0.4 is 5.56 Å². The zero-order valence-corrected chi connectivity index (χ0v) is 16.5. The Balaban J connectivity index is 2.42. The summed E-state index contributed by atoms with van der Waals surface area (Å²) in [6, 6.07) is 5.51. The Bertz CT molecular complexity index is 812. The van der Waals surface area contributed by atoms with Crippen LogP contribution in [0.25, 0.3) is 0 Å². The predicted molar refractivity (Wildman–Crippen MR) is 104 cm³/mol. The van der Waals surface area contributed by atoms with E-state index in [1.807, 2.05) is 26.0 Å². The molecule has 2 aromatic rings. The van der Waals surface area contributed by atoms with Gasteiger partial charge in [-0.15, -0.1) is 0 Å². The first-order chi connectivity index (χ1) is 12.4. The molecule has 2 aromatic heterocycles. The maximum absolute atomic E-state index is 13.1. The number of hydrogen-bond donors (Lipinski definition) is 0. The van der Waals surface area contributed by atoms with Crippen molar-refractivity contribution in [2.24, 2.45) is 7.05 Å². The summed E-state index contributed by atoms with van der Waals surface area (Å²) in [6.45, 7) is 6.09. The molecule has 0 aromatic carbocycles. The molecule has 5 heteroatoms. The topological polar surface area (TPSA) is 55.2 Å². The Labute approximate surface area is 155 Å². The van der Waals surface area contributed by atoms with E-state index in [0.29, 0.717) is 0 Å². The van der Waals surface area contributed by atoms with Crippen molar-refractivity contribution in [2.45, 2.75) is 52.5 Å². The number of pyridine rings is 2. The van der Waals surface area contributed by atoms with Crippen LogP contribution in [0.15, 0.2) is 35.4 Å². The van der Waals surface area contributed by atoms with E-state index >= 15 is 0 Å². The van der Waals surface area contributed by atoms with E-state index in [9.17, 15) is 9.59 Å². The van der Waals surface area contributed by atoms with Crippen LogP contribution >= 0.6 is 0 Å². The van der Waals surface area contributed by atoms with Gasteiger partial charge in [0.2, 0.25) is 0 Å². The van der Waals surface area contributed by atoms with Gasteiger partial charge < -0.3 is 9.47 Å². The molecular weight excluding hydrogens is 326 g/mol. The van der Waals surface area contributed by atoms with E-state index in [1.165, 1.54) is 0 Å². The van der Waals surface area contributed by atoms with Crippen LogP contribution in [0.4, 0.5) is 0 Å². The SMILES string of the molecule is CCCC[C@@H](c1cccnc1)N(C)C(=O)c1cc(C)c(CC)n(C)c1=O. The standard InChI is InChI=1S/C21H29N3O2/c1-6-8-11-19(16-10-9-12-22-14-16)24(5)21(26)17-13-15(3)18(7-2)23(4)20(17)25/h9-10,12-14,19H,6-8,11H2,1-5H3/t19-/m0/s1. The molecule has 26 heavy (non-hydrogen) atoms. The zero-order chi connectivity index (χ0) is 19.3. The molecule has 1 amide bonds. The molecule has 0 spiro atoms. The zero-order valence-electron chi connectivity index (χ0n) is 16.5. The summed E-state index contributed by atoms with van der Waals surface area (Å²) >= 11 is 0. The fourth-order valence-corrected chi connectivity index (χ4v) is 3.48. The Morgan fingerprint density at radius 2 is 2.08 bits per heavy atom. The highest BCUT2D eigenvalue weighted by atomic mass is 16.2. The normalized spacial score (nSPS) is 12.0. The lowest BCUT2D eigenvalue weighted by Gasteiger charge is -2.29. The molecule has 1 atom stereocenters. The van der Waals surface area contributed by atoms with Gasteiger partial charge in [0.1, 0.15) is 5.56 Å². The van der Waals surface area contributed by atoms with Gasteiger partial charge in [-0.05, 0) is 43.0 Å². The van der Waals surface area contributed by atoms with Crippen molar-refractivity contribution in [2.75, 3.05) is 7.05 Å². The van der Waals surface area contributed by atoms with Crippen LogP contribution in [-0.2, 0) is 13.5 Å². The molecule has 0 saturated carbocycles. The number of amides is 1. The number of aryl methyl sites for hydroxylation is 1. The second-order valence-electron chi connectivity index (χ2n) is 6.77. The highest BCUT2D eigenvalue weighted by Gasteiger charge is 2.25. The van der Waals surface area contributed by atoms with Crippen LogP contribution in [0.1, 0.15) is 66.3 Å². The van der Waals surface area contributed by atoms with Crippen LogP contribution in [0.5, 0.6) is 0 Å². The summed E-state index contributed by atoms with van der Waals surface area (Å²) < 4.78 is 1.60. The highest BCUT2D eigenvalue weighted by Crippen LogP contribution is 2.26. The molecule has 0 saturated heterocycles. The van der Waals surface area contributed by atoms with Gasteiger partial charge >= 0.3 is 0 Å². The monoisotopic (exact) mass is 355 g/mol. The van der Waals surface area contributed by atoms with Gasteiger partial charge in [-0.1, -0.05) is 32.8 Å². The minimum atomic E-state index is -0.235. The number of carbonyl (C=O) groups is 1. The first-order valence-corrected chi connectivity index (χ1v) is 9.28. The van der Waals surface area contributed by atoms with Crippen LogP contribution in [0.2, 0.25) is 0 Å². The average Bonchev–Trinajstić information content (AvgIpc) is 2.65. The molecule has 2 heterocycles. The Morgan fingerprint density at radius 1 is 1.35 bits per heavy atom. The lowest BCUT2D eigenvalue weighted by Crippen LogP contribution is -2.37. The van der Waals surface area contributed by atoms with E-state index in [4.69, 9.17) is 0 Å². The maximum Gasteiger partial charge on any atom is 0.263 e. The molecule has 0 aliphatic heterocycles. The Morgan fingerprint density at radius 3 is 2.65 bits per heavy atom. The molecule has 0 aliphatic rings. The molecule has 0 unspecified atom stereocenters. The summed E-state index contributed by atoms with van der Waals surface area (Å²) in [6.07, 6.45) is 7.18. The van der Waals surface area contributed by atoms with E-state index < -0.39 is 0 Å². The van der Waals surface area contributed by atoms with Crippen LogP contribution in [0.3, 0.4) is 0 Å². The summed E-state index contributed by atoms with van der Waals surface area (Å²) in [7, 11) is 3.51. The third-order valence-electron chi connectivity index (χ3n) is 5.01. The fraction of sp³-hybridized carbons (Fsp3) is 0.476. The summed E-state index contributed by atoms with van der Waals surface area (Å²) in [5, 5.41) is 0.